The fourth-order valence-electron chi connectivity index (χ4n) is 3.24. The van der Waals surface area contributed by atoms with Crippen molar-refractivity contribution in [1.82, 2.24) is 0 Å². The molecule has 0 spiro atoms. The van der Waals surface area contributed by atoms with Crippen LogP contribution in [0.5, 0.6) is 11.5 Å². The molecule has 0 atom stereocenters. The predicted octanol–water partition coefficient (Wildman–Crippen LogP) is 5.29. The van der Waals surface area contributed by atoms with Crippen molar-refractivity contribution in [2.45, 2.75) is 20.4 Å². The highest BCUT2D eigenvalue weighted by atomic mass is 35.5. The summed E-state index contributed by atoms with van der Waals surface area (Å²) in [7, 11) is 1.49. The molecule has 0 aliphatic heterocycles. The Balaban J connectivity index is 1.67. The number of carbonyl (C=O) groups is 2. The van der Waals surface area contributed by atoms with Gasteiger partial charge in [-0.05, 0) is 61.4 Å². The number of hydrogen-bond acceptors (Lipinski definition) is 5. The van der Waals surface area contributed by atoms with Gasteiger partial charge >= 0.3 is 5.97 Å². The molecule has 3 rings (SSSR count). The quantitative estimate of drug-likeness (QED) is 0.394. The van der Waals surface area contributed by atoms with Crippen molar-refractivity contribution in [3.63, 3.8) is 0 Å². The van der Waals surface area contributed by atoms with Crippen LogP contribution in [0.25, 0.3) is 0 Å². The standard InChI is InChI=1S/C25H25ClN2O5/c1-15-7-9-18(10-8-15)28-23(29)14-33-24-20(26)11-17(12-22(24)32-3)13-27-21-6-4-5-19(16(21)2)25(30)31/h4-12,27H,13-14H2,1-3H3,(H,28,29)(H,30,31). The summed E-state index contributed by atoms with van der Waals surface area (Å²) in [5, 5.41) is 15.6. The SMILES string of the molecule is COc1cc(CNc2cccc(C(=O)O)c2C)cc(Cl)c1OCC(=O)Nc1ccc(C)cc1. The van der Waals surface area contributed by atoms with E-state index in [1.165, 1.54) is 7.11 Å². The van der Waals surface area contributed by atoms with E-state index in [1.807, 2.05) is 37.3 Å². The maximum atomic E-state index is 12.2. The molecule has 3 aromatic rings. The third kappa shape index (κ3) is 6.17. The number of carboxylic acids is 1. The van der Waals surface area contributed by atoms with E-state index in [0.29, 0.717) is 34.3 Å². The molecule has 0 unspecified atom stereocenters. The van der Waals surface area contributed by atoms with Crippen LogP contribution in [0.15, 0.2) is 54.6 Å². The van der Waals surface area contributed by atoms with Gasteiger partial charge in [0.05, 0.1) is 17.7 Å². The second-order valence-corrected chi connectivity index (χ2v) is 7.86. The molecule has 0 aromatic heterocycles. The van der Waals surface area contributed by atoms with Crippen molar-refractivity contribution >= 4 is 34.9 Å². The first-order chi connectivity index (χ1) is 15.8. The van der Waals surface area contributed by atoms with Gasteiger partial charge in [0.1, 0.15) is 0 Å². The van der Waals surface area contributed by atoms with Gasteiger partial charge in [0.25, 0.3) is 5.91 Å². The molecule has 172 valence electrons. The second-order valence-electron chi connectivity index (χ2n) is 7.45. The zero-order valence-corrected chi connectivity index (χ0v) is 19.3. The number of rotatable bonds is 9. The first kappa shape index (κ1) is 23.9. The molecule has 0 aliphatic carbocycles. The maximum Gasteiger partial charge on any atom is 0.336 e. The van der Waals surface area contributed by atoms with Gasteiger partial charge < -0.3 is 25.2 Å². The lowest BCUT2D eigenvalue weighted by molar-refractivity contribution is -0.118. The number of amides is 1. The zero-order valence-electron chi connectivity index (χ0n) is 18.6. The molecule has 0 radical (unpaired) electrons. The lowest BCUT2D eigenvalue weighted by atomic mass is 10.1. The minimum Gasteiger partial charge on any atom is -0.493 e. The van der Waals surface area contributed by atoms with Gasteiger partial charge in [0.2, 0.25) is 0 Å². The van der Waals surface area contributed by atoms with Gasteiger partial charge in [-0.1, -0.05) is 35.4 Å². The number of carbonyl (C=O) groups excluding carboxylic acids is 1. The van der Waals surface area contributed by atoms with E-state index in [0.717, 1.165) is 11.1 Å². The zero-order chi connectivity index (χ0) is 24.0. The van der Waals surface area contributed by atoms with Crippen molar-refractivity contribution < 1.29 is 24.2 Å². The number of halogens is 1. The summed E-state index contributed by atoms with van der Waals surface area (Å²) >= 11 is 6.41. The number of anilines is 2. The highest BCUT2D eigenvalue weighted by Crippen LogP contribution is 2.36. The van der Waals surface area contributed by atoms with E-state index in [-0.39, 0.29) is 23.8 Å². The molecule has 7 nitrogen and oxygen atoms in total. The minimum atomic E-state index is -0.978. The summed E-state index contributed by atoms with van der Waals surface area (Å²) in [6.07, 6.45) is 0. The van der Waals surface area contributed by atoms with E-state index < -0.39 is 5.97 Å². The molecule has 3 N–H and O–H groups in total. The van der Waals surface area contributed by atoms with E-state index in [2.05, 4.69) is 10.6 Å². The summed E-state index contributed by atoms with van der Waals surface area (Å²) in [6.45, 7) is 3.87. The lowest BCUT2D eigenvalue weighted by Gasteiger charge is -2.16. The second kappa shape index (κ2) is 10.7. The Kier molecular flexibility index (Phi) is 7.79. The van der Waals surface area contributed by atoms with Gasteiger partial charge in [-0.2, -0.15) is 0 Å². The van der Waals surface area contributed by atoms with Crippen molar-refractivity contribution in [2.24, 2.45) is 0 Å². The Bertz CT molecular complexity index is 1160. The Morgan fingerprint density at radius 3 is 2.45 bits per heavy atom. The molecule has 0 saturated heterocycles. The molecule has 0 aliphatic rings. The van der Waals surface area contributed by atoms with Gasteiger partial charge in [0, 0.05) is 17.9 Å². The fraction of sp³-hybridized carbons (Fsp3) is 0.200. The van der Waals surface area contributed by atoms with E-state index >= 15 is 0 Å². The molecular weight excluding hydrogens is 444 g/mol. The molecule has 0 heterocycles. The summed E-state index contributed by atoms with van der Waals surface area (Å²) in [6, 6.07) is 16.0. The fourth-order valence-corrected chi connectivity index (χ4v) is 3.53. The Labute approximate surface area is 197 Å². The monoisotopic (exact) mass is 468 g/mol. The van der Waals surface area contributed by atoms with Crippen LogP contribution in [0.3, 0.4) is 0 Å². The van der Waals surface area contributed by atoms with Crippen LogP contribution in [0.2, 0.25) is 5.02 Å². The van der Waals surface area contributed by atoms with Gasteiger partial charge in [0.15, 0.2) is 18.1 Å². The number of methoxy groups -OCH3 is 1. The number of carboxylic acid groups (broad SMARTS) is 1. The average molecular weight is 469 g/mol. The van der Waals surface area contributed by atoms with E-state index in [1.54, 1.807) is 31.2 Å². The Morgan fingerprint density at radius 1 is 1.06 bits per heavy atom. The smallest absolute Gasteiger partial charge is 0.336 e. The van der Waals surface area contributed by atoms with Gasteiger partial charge in [-0.3, -0.25) is 4.79 Å². The number of benzene rings is 3. The van der Waals surface area contributed by atoms with Crippen molar-refractivity contribution in [1.29, 1.82) is 0 Å². The Hall–Kier alpha value is -3.71. The highest BCUT2D eigenvalue weighted by molar-refractivity contribution is 6.32. The van der Waals surface area contributed by atoms with Crippen LogP contribution in [0, 0.1) is 13.8 Å². The number of ether oxygens (including phenoxy) is 2. The molecule has 3 aromatic carbocycles. The minimum absolute atomic E-state index is 0.233. The van der Waals surface area contributed by atoms with Crippen LogP contribution < -0.4 is 20.1 Å². The third-order valence-electron chi connectivity index (χ3n) is 5.02. The summed E-state index contributed by atoms with van der Waals surface area (Å²) < 4.78 is 11.1. The molecule has 0 bridgehead atoms. The van der Waals surface area contributed by atoms with Crippen molar-refractivity contribution in [3.05, 3.63) is 81.9 Å². The topological polar surface area (TPSA) is 96.9 Å². The first-order valence-electron chi connectivity index (χ1n) is 10.2. The summed E-state index contributed by atoms with van der Waals surface area (Å²) in [5.41, 5.74) is 4.16. The van der Waals surface area contributed by atoms with Crippen LogP contribution >= 0.6 is 11.6 Å². The molecule has 1 amide bonds. The summed E-state index contributed by atoms with van der Waals surface area (Å²) in [5.74, 6) is -0.644. The molecule has 8 heteroatoms. The largest absolute Gasteiger partial charge is 0.493 e. The number of aromatic carboxylic acids is 1. The van der Waals surface area contributed by atoms with E-state index in [9.17, 15) is 14.7 Å². The molecule has 33 heavy (non-hydrogen) atoms. The molecule has 0 saturated carbocycles. The number of aryl methyl sites for hydroxylation is 1. The van der Waals surface area contributed by atoms with E-state index in [4.69, 9.17) is 21.1 Å². The predicted molar refractivity (Wildman–Crippen MR) is 129 cm³/mol. The first-order valence-corrected chi connectivity index (χ1v) is 10.6. The van der Waals surface area contributed by atoms with Gasteiger partial charge in [-0.15, -0.1) is 0 Å². The van der Waals surface area contributed by atoms with Gasteiger partial charge in [-0.25, -0.2) is 4.79 Å². The number of nitrogens with one attached hydrogen (secondary N) is 2. The van der Waals surface area contributed by atoms with Crippen molar-refractivity contribution in [2.75, 3.05) is 24.4 Å². The normalized spacial score (nSPS) is 10.4. The highest BCUT2D eigenvalue weighted by Gasteiger charge is 2.15. The van der Waals surface area contributed by atoms with Crippen LogP contribution in [0.1, 0.15) is 27.0 Å². The average Bonchev–Trinajstić information content (AvgIpc) is 2.78. The van der Waals surface area contributed by atoms with Crippen LogP contribution in [-0.2, 0) is 11.3 Å². The maximum absolute atomic E-state index is 12.2. The van der Waals surface area contributed by atoms with Crippen LogP contribution in [-0.4, -0.2) is 30.7 Å². The number of hydrogen-bond donors (Lipinski definition) is 3. The Morgan fingerprint density at radius 2 is 1.79 bits per heavy atom. The summed E-state index contributed by atoms with van der Waals surface area (Å²) in [4.78, 5) is 23.6. The molecule has 0 fully saturated rings. The molecular formula is C25H25ClN2O5. The van der Waals surface area contributed by atoms with Crippen molar-refractivity contribution in [3.8, 4) is 11.5 Å². The van der Waals surface area contributed by atoms with Crippen LogP contribution in [0.4, 0.5) is 11.4 Å². The third-order valence-corrected chi connectivity index (χ3v) is 5.30. The lowest BCUT2D eigenvalue weighted by Crippen LogP contribution is -2.20.